The van der Waals surface area contributed by atoms with Crippen molar-refractivity contribution in [3.63, 3.8) is 0 Å². The minimum absolute atomic E-state index is 0.163. The number of aromatic nitrogens is 4. The fraction of sp³-hybridized carbons (Fsp3) is 0.500. The van der Waals surface area contributed by atoms with Crippen LogP contribution in [-0.4, -0.2) is 76.9 Å². The molecule has 0 unspecified atom stereocenters. The zero-order chi connectivity index (χ0) is 23.8. The number of pyridine rings is 1. The highest BCUT2D eigenvalue weighted by atomic mass is 32.1. The first-order valence-corrected chi connectivity index (χ1v) is 12.7. The summed E-state index contributed by atoms with van der Waals surface area (Å²) in [4.78, 5) is 26.7. The SMILES string of the molecule is CNc1ccc(-c2nn(C3CCN(C)CC3)c3c2CCCc2nc(NC(=O)N(C)C)sc2-3)cn1. The van der Waals surface area contributed by atoms with Crippen LogP contribution in [0.3, 0.4) is 0 Å². The summed E-state index contributed by atoms with van der Waals surface area (Å²) < 4.78 is 2.27. The first-order chi connectivity index (χ1) is 16.4. The maximum Gasteiger partial charge on any atom is 0.323 e. The van der Waals surface area contributed by atoms with E-state index in [1.807, 2.05) is 19.3 Å². The standard InChI is InChI=1S/C24H32N8OS/c1-25-19-9-8-15(14-26-19)20-17-6-5-7-18-22(34-23(27-18)28-24(33)30(2)3)21(17)32(29-20)16-10-12-31(4)13-11-16/h8-9,14,16H,5-7,10-13H2,1-4H3,(H,25,26)(H,27,28,33). The van der Waals surface area contributed by atoms with Gasteiger partial charge in [0, 0.05) is 38.5 Å². The van der Waals surface area contributed by atoms with Gasteiger partial charge in [0.25, 0.3) is 0 Å². The van der Waals surface area contributed by atoms with Crippen molar-refractivity contribution < 1.29 is 4.79 Å². The number of nitrogens with one attached hydrogen (secondary N) is 2. The molecule has 3 aromatic heterocycles. The van der Waals surface area contributed by atoms with Crippen molar-refractivity contribution in [2.45, 2.75) is 38.1 Å². The summed E-state index contributed by atoms with van der Waals surface area (Å²) in [5.74, 6) is 0.843. The molecule has 10 heteroatoms. The highest BCUT2D eigenvalue weighted by Crippen LogP contribution is 2.44. The van der Waals surface area contributed by atoms with Crippen molar-refractivity contribution in [3.05, 3.63) is 29.6 Å². The first-order valence-electron chi connectivity index (χ1n) is 11.9. The Morgan fingerprint density at radius 1 is 1.21 bits per heavy atom. The number of nitrogens with zero attached hydrogens (tertiary/aromatic N) is 6. The average Bonchev–Trinajstić information content (AvgIpc) is 3.36. The Morgan fingerprint density at radius 3 is 2.68 bits per heavy atom. The van der Waals surface area contributed by atoms with Gasteiger partial charge in [-0.3, -0.25) is 10.00 Å². The molecule has 1 aliphatic carbocycles. The van der Waals surface area contributed by atoms with Gasteiger partial charge in [-0.15, -0.1) is 0 Å². The smallest absolute Gasteiger partial charge is 0.323 e. The lowest BCUT2D eigenvalue weighted by atomic mass is 10.0. The van der Waals surface area contributed by atoms with Gasteiger partial charge in [-0.1, -0.05) is 11.3 Å². The van der Waals surface area contributed by atoms with Gasteiger partial charge in [0.15, 0.2) is 5.13 Å². The van der Waals surface area contributed by atoms with Crippen molar-refractivity contribution in [2.24, 2.45) is 0 Å². The van der Waals surface area contributed by atoms with Crippen molar-refractivity contribution in [1.29, 1.82) is 0 Å². The molecule has 0 aromatic carbocycles. The molecule has 1 aliphatic heterocycles. The van der Waals surface area contributed by atoms with E-state index in [0.29, 0.717) is 11.2 Å². The summed E-state index contributed by atoms with van der Waals surface area (Å²) in [6.45, 7) is 2.12. The maximum atomic E-state index is 12.3. The Hall–Kier alpha value is -2.98. The minimum atomic E-state index is -0.163. The number of thiazole rings is 1. The van der Waals surface area contributed by atoms with Crippen LogP contribution in [0.2, 0.25) is 0 Å². The molecule has 0 atom stereocenters. The van der Waals surface area contributed by atoms with Gasteiger partial charge in [0.05, 0.1) is 28.0 Å². The average molecular weight is 481 g/mol. The van der Waals surface area contributed by atoms with E-state index < -0.39 is 0 Å². The van der Waals surface area contributed by atoms with E-state index in [1.54, 1.807) is 25.4 Å². The third-order valence-electron chi connectivity index (χ3n) is 6.71. The fourth-order valence-corrected chi connectivity index (χ4v) is 5.83. The summed E-state index contributed by atoms with van der Waals surface area (Å²) in [5.41, 5.74) is 5.56. The number of urea groups is 1. The van der Waals surface area contributed by atoms with Gasteiger partial charge in [-0.05, 0) is 64.4 Å². The summed E-state index contributed by atoms with van der Waals surface area (Å²) in [6, 6.07) is 4.28. The van der Waals surface area contributed by atoms with Crippen LogP contribution in [0.25, 0.3) is 21.8 Å². The van der Waals surface area contributed by atoms with Crippen LogP contribution in [0.4, 0.5) is 15.7 Å². The number of amides is 2. The number of likely N-dealkylation sites (tertiary alicyclic amines) is 1. The van der Waals surface area contributed by atoms with Crippen LogP contribution in [0, 0.1) is 0 Å². The van der Waals surface area contributed by atoms with E-state index in [-0.39, 0.29) is 6.03 Å². The molecule has 34 heavy (non-hydrogen) atoms. The lowest BCUT2D eigenvalue weighted by Gasteiger charge is -2.30. The maximum absolute atomic E-state index is 12.3. The van der Waals surface area contributed by atoms with Crippen LogP contribution in [-0.2, 0) is 12.8 Å². The van der Waals surface area contributed by atoms with Gasteiger partial charge in [0.2, 0.25) is 0 Å². The Labute approximate surface area is 204 Å². The number of hydrogen-bond acceptors (Lipinski definition) is 7. The number of carbonyl (C=O) groups is 1. The van der Waals surface area contributed by atoms with Crippen LogP contribution >= 0.6 is 11.3 Å². The first kappa shape index (κ1) is 22.8. The summed E-state index contributed by atoms with van der Waals surface area (Å²) in [7, 11) is 7.53. The summed E-state index contributed by atoms with van der Waals surface area (Å²) in [5, 5.41) is 11.9. The highest BCUT2D eigenvalue weighted by Gasteiger charge is 2.31. The normalized spacial score (nSPS) is 16.5. The summed E-state index contributed by atoms with van der Waals surface area (Å²) >= 11 is 1.56. The summed E-state index contributed by atoms with van der Waals surface area (Å²) in [6.07, 6.45) is 6.89. The molecule has 9 nitrogen and oxygen atoms in total. The van der Waals surface area contributed by atoms with Crippen molar-refractivity contribution in [3.8, 4) is 21.8 Å². The number of fused-ring (bicyclic) bond motifs is 3. The zero-order valence-electron chi connectivity index (χ0n) is 20.3. The molecule has 2 N–H and O–H groups in total. The number of anilines is 2. The molecule has 5 rings (SSSR count). The molecule has 4 heterocycles. The monoisotopic (exact) mass is 480 g/mol. The highest BCUT2D eigenvalue weighted by molar-refractivity contribution is 7.19. The molecule has 1 fully saturated rings. The van der Waals surface area contributed by atoms with E-state index >= 15 is 0 Å². The fourth-order valence-electron chi connectivity index (χ4n) is 4.76. The molecule has 2 aliphatic rings. The second kappa shape index (κ2) is 9.34. The van der Waals surface area contributed by atoms with E-state index in [0.717, 1.165) is 72.8 Å². The number of piperidine rings is 1. The molecule has 2 amide bonds. The van der Waals surface area contributed by atoms with Gasteiger partial charge >= 0.3 is 6.03 Å². The lowest BCUT2D eigenvalue weighted by Crippen LogP contribution is -2.32. The number of aryl methyl sites for hydroxylation is 1. The third kappa shape index (κ3) is 4.27. The zero-order valence-corrected chi connectivity index (χ0v) is 21.1. The topological polar surface area (TPSA) is 91.2 Å². The molecule has 3 aromatic rings. The van der Waals surface area contributed by atoms with Crippen molar-refractivity contribution in [2.75, 3.05) is 51.9 Å². The Bertz CT molecular complexity index is 1170. The molecular weight excluding hydrogens is 448 g/mol. The molecule has 0 spiro atoms. The molecule has 0 bridgehead atoms. The van der Waals surface area contributed by atoms with Gasteiger partial charge < -0.3 is 15.1 Å². The Morgan fingerprint density at radius 2 is 2.00 bits per heavy atom. The van der Waals surface area contributed by atoms with Crippen LogP contribution in [0.15, 0.2) is 18.3 Å². The molecule has 1 saturated heterocycles. The van der Waals surface area contributed by atoms with E-state index in [2.05, 4.69) is 38.3 Å². The van der Waals surface area contributed by atoms with Crippen molar-refractivity contribution >= 4 is 28.3 Å². The molecule has 180 valence electrons. The third-order valence-corrected chi connectivity index (χ3v) is 7.73. The van der Waals surface area contributed by atoms with Gasteiger partial charge in [0.1, 0.15) is 5.82 Å². The van der Waals surface area contributed by atoms with Crippen molar-refractivity contribution in [1.82, 2.24) is 29.5 Å². The van der Waals surface area contributed by atoms with Crippen LogP contribution in [0.1, 0.15) is 36.6 Å². The largest absolute Gasteiger partial charge is 0.373 e. The predicted molar refractivity (Wildman–Crippen MR) is 137 cm³/mol. The molecule has 0 saturated carbocycles. The number of rotatable bonds is 4. The van der Waals surface area contributed by atoms with E-state index in [9.17, 15) is 4.79 Å². The number of carbonyl (C=O) groups excluding carboxylic acids is 1. The van der Waals surface area contributed by atoms with Gasteiger partial charge in [-0.25, -0.2) is 14.8 Å². The lowest BCUT2D eigenvalue weighted by molar-refractivity contribution is 0.214. The molecule has 0 radical (unpaired) electrons. The minimum Gasteiger partial charge on any atom is -0.373 e. The Balaban J connectivity index is 1.62. The van der Waals surface area contributed by atoms with Crippen LogP contribution < -0.4 is 10.6 Å². The predicted octanol–water partition coefficient (Wildman–Crippen LogP) is 3.96. The second-order valence-corrected chi connectivity index (χ2v) is 10.3. The second-order valence-electron chi connectivity index (χ2n) is 9.31. The Kier molecular flexibility index (Phi) is 6.26. The van der Waals surface area contributed by atoms with Gasteiger partial charge in [-0.2, -0.15) is 5.10 Å². The quantitative estimate of drug-likeness (QED) is 0.587. The molecular formula is C24H32N8OS. The van der Waals surface area contributed by atoms with E-state index in [1.165, 1.54) is 16.2 Å². The van der Waals surface area contributed by atoms with Crippen LogP contribution in [0.5, 0.6) is 0 Å². The number of hydrogen-bond donors (Lipinski definition) is 2. The van der Waals surface area contributed by atoms with E-state index in [4.69, 9.17) is 10.1 Å².